The Balaban J connectivity index is 1.30. The van der Waals surface area contributed by atoms with Crippen LogP contribution in [0.2, 0.25) is 0 Å². The topological polar surface area (TPSA) is 74.1 Å². The molecule has 28 heavy (non-hydrogen) atoms. The molecule has 0 unspecified atom stereocenters. The summed E-state index contributed by atoms with van der Waals surface area (Å²) in [5, 5.41) is 10.7. The second-order valence-corrected chi connectivity index (χ2v) is 8.56. The van der Waals surface area contributed by atoms with Gasteiger partial charge in [0.2, 0.25) is 0 Å². The van der Waals surface area contributed by atoms with Crippen molar-refractivity contribution in [3.8, 4) is 0 Å². The van der Waals surface area contributed by atoms with Crippen LogP contribution in [0.15, 0.2) is 52.6 Å². The Labute approximate surface area is 168 Å². The van der Waals surface area contributed by atoms with Crippen molar-refractivity contribution in [3.63, 3.8) is 0 Å². The maximum Gasteiger partial charge on any atom is 0.175 e. The standard InChI is InChI=1S/C20H23N7S/c1-14-10-18(25-24-14)23-20-13-26(12-19-21-8-9-27(19)20)28-17-6-4-16(5-7-17)22-11-15-2-3-15/h4-10,15,22H,2-3,11-13H2,1H3,(H,24,25). The highest BCUT2D eigenvalue weighted by atomic mass is 32.2. The number of aromatic amines is 1. The summed E-state index contributed by atoms with van der Waals surface area (Å²) in [5.41, 5.74) is 2.20. The van der Waals surface area contributed by atoms with Gasteiger partial charge >= 0.3 is 0 Å². The molecule has 3 heterocycles. The molecule has 0 atom stereocenters. The molecule has 1 fully saturated rings. The number of rotatable bonds is 6. The highest BCUT2D eigenvalue weighted by Gasteiger charge is 2.23. The minimum Gasteiger partial charge on any atom is -0.385 e. The summed E-state index contributed by atoms with van der Waals surface area (Å²) in [6.45, 7) is 4.57. The van der Waals surface area contributed by atoms with E-state index in [0.29, 0.717) is 5.82 Å². The van der Waals surface area contributed by atoms with Crippen molar-refractivity contribution in [2.24, 2.45) is 10.9 Å². The lowest BCUT2D eigenvalue weighted by Gasteiger charge is -2.27. The van der Waals surface area contributed by atoms with Crippen molar-refractivity contribution in [2.45, 2.75) is 31.2 Å². The van der Waals surface area contributed by atoms with Crippen molar-refractivity contribution >= 4 is 29.3 Å². The van der Waals surface area contributed by atoms with Gasteiger partial charge in [-0.15, -0.1) is 0 Å². The van der Waals surface area contributed by atoms with Gasteiger partial charge in [-0.3, -0.25) is 9.67 Å². The fourth-order valence-corrected chi connectivity index (χ4v) is 4.16. The van der Waals surface area contributed by atoms with Gasteiger partial charge in [-0.2, -0.15) is 5.10 Å². The number of benzene rings is 1. The monoisotopic (exact) mass is 393 g/mol. The van der Waals surface area contributed by atoms with Gasteiger partial charge in [-0.05, 0) is 61.9 Å². The van der Waals surface area contributed by atoms with Crippen LogP contribution in [0.5, 0.6) is 0 Å². The first kappa shape index (κ1) is 17.5. The molecule has 1 aliphatic carbocycles. The smallest absolute Gasteiger partial charge is 0.175 e. The summed E-state index contributed by atoms with van der Waals surface area (Å²) >= 11 is 1.74. The van der Waals surface area contributed by atoms with E-state index in [9.17, 15) is 0 Å². The SMILES string of the molecule is Cc1cc(N=C2CN(Sc3ccc(NCC4CC4)cc3)Cc3nccn32)n[nH]1. The molecule has 1 aromatic carbocycles. The van der Waals surface area contributed by atoms with Crippen LogP contribution in [0.25, 0.3) is 0 Å². The number of fused-ring (bicyclic) bond motifs is 1. The summed E-state index contributed by atoms with van der Waals surface area (Å²) < 4.78 is 4.35. The number of H-pyrrole nitrogens is 1. The number of aromatic nitrogens is 4. The molecule has 0 spiro atoms. The van der Waals surface area contributed by atoms with E-state index in [1.807, 2.05) is 25.4 Å². The van der Waals surface area contributed by atoms with E-state index in [4.69, 9.17) is 4.99 Å². The number of anilines is 1. The largest absolute Gasteiger partial charge is 0.385 e. The first-order valence-corrected chi connectivity index (χ1v) is 10.4. The van der Waals surface area contributed by atoms with Gasteiger partial charge in [0.05, 0.1) is 13.1 Å². The minimum absolute atomic E-state index is 0.699. The summed E-state index contributed by atoms with van der Waals surface area (Å²) in [6, 6.07) is 10.6. The number of hydrogen-bond donors (Lipinski definition) is 2. The molecule has 0 saturated heterocycles. The molecule has 0 bridgehead atoms. The van der Waals surface area contributed by atoms with Crippen LogP contribution in [0.4, 0.5) is 11.5 Å². The maximum atomic E-state index is 4.74. The summed E-state index contributed by atoms with van der Waals surface area (Å²) in [7, 11) is 0. The maximum absolute atomic E-state index is 4.74. The third-order valence-electron chi connectivity index (χ3n) is 4.95. The number of aliphatic imine (C=N–C) groups is 1. The number of aryl methyl sites for hydroxylation is 1. The van der Waals surface area contributed by atoms with Crippen molar-refractivity contribution < 1.29 is 0 Å². The molecule has 3 aromatic rings. The van der Waals surface area contributed by atoms with Crippen LogP contribution in [-0.2, 0) is 6.54 Å². The van der Waals surface area contributed by atoms with Gasteiger partial charge in [0.15, 0.2) is 5.82 Å². The van der Waals surface area contributed by atoms with Gasteiger partial charge in [-0.25, -0.2) is 14.3 Å². The van der Waals surface area contributed by atoms with Crippen molar-refractivity contribution in [3.05, 3.63) is 54.2 Å². The minimum atomic E-state index is 0.699. The first-order chi connectivity index (χ1) is 13.7. The molecular weight excluding hydrogens is 370 g/mol. The lowest BCUT2D eigenvalue weighted by molar-refractivity contribution is 0.479. The van der Waals surface area contributed by atoms with Crippen molar-refractivity contribution in [2.75, 3.05) is 18.4 Å². The predicted molar refractivity (Wildman–Crippen MR) is 112 cm³/mol. The first-order valence-electron chi connectivity index (χ1n) is 9.62. The molecule has 5 rings (SSSR count). The van der Waals surface area contributed by atoms with Crippen LogP contribution < -0.4 is 5.32 Å². The van der Waals surface area contributed by atoms with Crippen LogP contribution in [-0.4, -0.2) is 43.0 Å². The zero-order valence-corrected chi connectivity index (χ0v) is 16.6. The Hall–Kier alpha value is -2.58. The van der Waals surface area contributed by atoms with Gasteiger partial charge in [0, 0.05) is 41.3 Å². The molecule has 1 aliphatic heterocycles. The number of imidazole rings is 1. The third-order valence-corrected chi connectivity index (χ3v) is 5.95. The number of nitrogens with zero attached hydrogens (tertiary/aromatic N) is 5. The summed E-state index contributed by atoms with van der Waals surface area (Å²) in [4.78, 5) is 10.4. The number of nitrogens with one attached hydrogen (secondary N) is 2. The van der Waals surface area contributed by atoms with E-state index in [2.05, 4.69) is 53.6 Å². The Morgan fingerprint density at radius 3 is 2.86 bits per heavy atom. The van der Waals surface area contributed by atoms with E-state index in [-0.39, 0.29) is 0 Å². The molecule has 2 N–H and O–H groups in total. The number of hydrogen-bond acceptors (Lipinski definition) is 6. The lowest BCUT2D eigenvalue weighted by atomic mass is 10.3. The van der Waals surface area contributed by atoms with Gasteiger partial charge in [-0.1, -0.05) is 0 Å². The molecule has 2 aromatic heterocycles. The van der Waals surface area contributed by atoms with E-state index >= 15 is 0 Å². The highest BCUT2D eigenvalue weighted by molar-refractivity contribution is 7.97. The van der Waals surface area contributed by atoms with Gasteiger partial charge in [0.1, 0.15) is 11.7 Å². The van der Waals surface area contributed by atoms with E-state index < -0.39 is 0 Å². The molecule has 1 saturated carbocycles. The quantitative estimate of drug-likeness (QED) is 0.623. The molecular formula is C20H23N7S. The summed E-state index contributed by atoms with van der Waals surface area (Å²) in [6.07, 6.45) is 6.53. The fraction of sp³-hybridized carbons (Fsp3) is 0.350. The molecule has 0 radical (unpaired) electrons. The third kappa shape index (κ3) is 3.98. The fourth-order valence-electron chi connectivity index (χ4n) is 3.25. The van der Waals surface area contributed by atoms with E-state index in [1.54, 1.807) is 11.9 Å². The summed E-state index contributed by atoms with van der Waals surface area (Å²) in [5.74, 6) is 3.50. The van der Waals surface area contributed by atoms with Crippen LogP contribution >= 0.6 is 11.9 Å². The second-order valence-electron chi connectivity index (χ2n) is 7.39. The zero-order chi connectivity index (χ0) is 18.9. The Morgan fingerprint density at radius 2 is 2.11 bits per heavy atom. The predicted octanol–water partition coefficient (Wildman–Crippen LogP) is 3.84. The second kappa shape index (κ2) is 7.44. The molecule has 8 heteroatoms. The molecule has 0 amide bonds. The van der Waals surface area contributed by atoms with Crippen molar-refractivity contribution in [1.29, 1.82) is 0 Å². The average Bonchev–Trinajstić information content (AvgIpc) is 3.25. The zero-order valence-electron chi connectivity index (χ0n) is 15.8. The van der Waals surface area contributed by atoms with Gasteiger partial charge < -0.3 is 5.32 Å². The van der Waals surface area contributed by atoms with E-state index in [1.165, 1.54) is 23.4 Å². The average molecular weight is 394 g/mol. The van der Waals surface area contributed by atoms with Crippen molar-refractivity contribution in [1.82, 2.24) is 24.1 Å². The van der Waals surface area contributed by atoms with Crippen LogP contribution in [0, 0.1) is 12.8 Å². The molecule has 2 aliphatic rings. The Bertz CT molecular complexity index is 984. The molecule has 144 valence electrons. The lowest BCUT2D eigenvalue weighted by Crippen LogP contribution is -2.35. The van der Waals surface area contributed by atoms with Gasteiger partial charge in [0.25, 0.3) is 0 Å². The van der Waals surface area contributed by atoms with Crippen LogP contribution in [0.3, 0.4) is 0 Å². The van der Waals surface area contributed by atoms with Crippen LogP contribution in [0.1, 0.15) is 24.4 Å². The molecule has 7 nitrogen and oxygen atoms in total. The Morgan fingerprint density at radius 1 is 1.25 bits per heavy atom. The Kier molecular flexibility index (Phi) is 4.66. The van der Waals surface area contributed by atoms with E-state index in [0.717, 1.165) is 42.9 Å². The normalized spacial score (nSPS) is 18.4. The highest BCUT2D eigenvalue weighted by Crippen LogP contribution is 2.30.